The number of aryl methyl sites for hydroxylation is 1. The topological polar surface area (TPSA) is 59.8 Å². The van der Waals surface area contributed by atoms with Gasteiger partial charge in [-0.25, -0.2) is 0 Å². The first-order valence-corrected chi connectivity index (χ1v) is 9.43. The maximum absolute atomic E-state index is 13.1. The number of benzene rings is 1. The monoisotopic (exact) mass is 380 g/mol. The quantitative estimate of drug-likeness (QED) is 0.819. The Balaban J connectivity index is 1.79. The maximum Gasteiger partial charge on any atom is 0.231 e. The van der Waals surface area contributed by atoms with Gasteiger partial charge in [-0.15, -0.1) is 10.2 Å². The largest absolute Gasteiger partial charge is 0.348 e. The maximum atomic E-state index is 13.1. The third-order valence-electron chi connectivity index (χ3n) is 4.93. The Bertz CT molecular complexity index is 753. The molecule has 0 spiro atoms. The smallest absolute Gasteiger partial charge is 0.231 e. The summed E-state index contributed by atoms with van der Waals surface area (Å²) in [4.78, 5) is 13.1. The number of nitrogens with one attached hydrogen (secondary N) is 1. The molecule has 1 amide bonds. The van der Waals surface area contributed by atoms with Crippen molar-refractivity contribution < 1.29 is 4.79 Å². The van der Waals surface area contributed by atoms with Crippen LogP contribution in [0, 0.1) is 0 Å². The minimum absolute atomic E-state index is 0.0226. The molecule has 0 atom stereocenters. The SMILES string of the molecule is CCCn1cnnc1CNC(=O)C1(c2ccc(Cl)c(Cl)c2)CCCC1. The zero-order chi connectivity index (χ0) is 17.9. The van der Waals surface area contributed by atoms with Crippen LogP contribution in [0.2, 0.25) is 10.0 Å². The van der Waals surface area contributed by atoms with Gasteiger partial charge in [-0.3, -0.25) is 4.79 Å². The molecule has 1 aliphatic rings. The highest BCUT2D eigenvalue weighted by Crippen LogP contribution is 2.43. The number of carbonyl (C=O) groups is 1. The molecule has 1 heterocycles. The van der Waals surface area contributed by atoms with Gasteiger partial charge in [-0.1, -0.05) is 49.0 Å². The molecule has 25 heavy (non-hydrogen) atoms. The third-order valence-corrected chi connectivity index (χ3v) is 5.67. The molecule has 7 heteroatoms. The van der Waals surface area contributed by atoms with Crippen molar-refractivity contribution in [3.05, 3.63) is 46.0 Å². The Hall–Kier alpha value is -1.59. The lowest BCUT2D eigenvalue weighted by molar-refractivity contribution is -0.126. The standard InChI is InChI=1S/C18H22Cl2N4O/c1-2-9-24-12-22-23-16(24)11-21-17(25)18(7-3-4-8-18)13-5-6-14(19)15(20)10-13/h5-6,10,12H,2-4,7-9,11H2,1H3,(H,21,25). The van der Waals surface area contributed by atoms with Gasteiger partial charge in [-0.2, -0.15) is 0 Å². The fourth-order valence-corrected chi connectivity index (χ4v) is 3.89. The van der Waals surface area contributed by atoms with Crippen molar-refractivity contribution in [3.63, 3.8) is 0 Å². The lowest BCUT2D eigenvalue weighted by Gasteiger charge is -2.28. The van der Waals surface area contributed by atoms with E-state index < -0.39 is 5.41 Å². The summed E-state index contributed by atoms with van der Waals surface area (Å²) in [7, 11) is 0. The summed E-state index contributed by atoms with van der Waals surface area (Å²) in [5, 5.41) is 12.1. The summed E-state index contributed by atoms with van der Waals surface area (Å²) in [5.41, 5.74) is 0.399. The molecule has 0 saturated heterocycles. The van der Waals surface area contributed by atoms with Gasteiger partial charge in [0.2, 0.25) is 5.91 Å². The second-order valence-electron chi connectivity index (χ2n) is 6.54. The molecule has 0 unspecified atom stereocenters. The Morgan fingerprint density at radius 1 is 1.28 bits per heavy atom. The first-order valence-electron chi connectivity index (χ1n) is 8.67. The van der Waals surface area contributed by atoms with Gasteiger partial charge in [0.15, 0.2) is 5.82 Å². The van der Waals surface area contributed by atoms with E-state index in [4.69, 9.17) is 23.2 Å². The lowest BCUT2D eigenvalue weighted by Crippen LogP contribution is -2.42. The van der Waals surface area contributed by atoms with Gasteiger partial charge < -0.3 is 9.88 Å². The number of amides is 1. The normalized spacial score (nSPS) is 16.1. The molecule has 0 bridgehead atoms. The average Bonchev–Trinajstić information content (AvgIpc) is 3.26. The van der Waals surface area contributed by atoms with Gasteiger partial charge in [0.05, 0.1) is 22.0 Å². The average molecular weight is 381 g/mol. The van der Waals surface area contributed by atoms with Crippen LogP contribution in [-0.2, 0) is 23.3 Å². The molecule has 0 aliphatic heterocycles. The molecule has 1 N–H and O–H groups in total. The summed E-state index contributed by atoms with van der Waals surface area (Å²) in [5.74, 6) is 0.798. The fraction of sp³-hybridized carbons (Fsp3) is 0.500. The molecule has 1 aliphatic carbocycles. The minimum Gasteiger partial charge on any atom is -0.348 e. The number of aromatic nitrogens is 3. The zero-order valence-electron chi connectivity index (χ0n) is 14.3. The van der Waals surface area contributed by atoms with Gasteiger partial charge >= 0.3 is 0 Å². The highest BCUT2D eigenvalue weighted by molar-refractivity contribution is 6.42. The van der Waals surface area contributed by atoms with Gasteiger partial charge in [-0.05, 0) is 37.0 Å². The van der Waals surface area contributed by atoms with Crippen molar-refractivity contribution in [2.45, 2.75) is 57.5 Å². The van der Waals surface area contributed by atoms with E-state index in [1.165, 1.54) is 0 Å². The van der Waals surface area contributed by atoms with Gasteiger partial charge in [0.25, 0.3) is 0 Å². The highest BCUT2D eigenvalue weighted by atomic mass is 35.5. The molecule has 134 valence electrons. The second kappa shape index (κ2) is 7.75. The van der Waals surface area contributed by atoms with Crippen molar-refractivity contribution in [3.8, 4) is 0 Å². The molecule has 5 nitrogen and oxygen atoms in total. The molecule has 2 aromatic rings. The predicted octanol–water partition coefficient (Wildman–Crippen LogP) is 4.12. The number of halogens is 2. The first-order chi connectivity index (χ1) is 12.1. The summed E-state index contributed by atoms with van der Waals surface area (Å²) < 4.78 is 1.97. The van der Waals surface area contributed by atoms with Crippen LogP contribution in [0.25, 0.3) is 0 Å². The van der Waals surface area contributed by atoms with Crippen LogP contribution in [0.3, 0.4) is 0 Å². The van der Waals surface area contributed by atoms with Crippen LogP contribution in [0.5, 0.6) is 0 Å². The van der Waals surface area contributed by atoms with E-state index in [9.17, 15) is 4.79 Å². The van der Waals surface area contributed by atoms with E-state index in [1.54, 1.807) is 12.4 Å². The Labute approximate surface area is 157 Å². The van der Waals surface area contributed by atoms with Crippen molar-refractivity contribution in [1.29, 1.82) is 0 Å². The van der Waals surface area contributed by atoms with Crippen LogP contribution >= 0.6 is 23.2 Å². The summed E-state index contributed by atoms with van der Waals surface area (Å²) in [6.45, 7) is 3.32. The van der Waals surface area contributed by atoms with E-state index >= 15 is 0 Å². The summed E-state index contributed by atoms with van der Waals surface area (Å²) in [6.07, 6.45) is 6.39. The number of hydrogen-bond acceptors (Lipinski definition) is 3. The Morgan fingerprint density at radius 2 is 2.04 bits per heavy atom. The minimum atomic E-state index is -0.538. The molecule has 3 rings (SSSR count). The zero-order valence-corrected chi connectivity index (χ0v) is 15.8. The number of rotatable bonds is 6. The number of hydrogen-bond donors (Lipinski definition) is 1. The van der Waals surface area contributed by atoms with Crippen LogP contribution in [0.4, 0.5) is 0 Å². The molecule has 1 aromatic heterocycles. The van der Waals surface area contributed by atoms with Crippen molar-refractivity contribution in [2.24, 2.45) is 0 Å². The fourth-order valence-electron chi connectivity index (χ4n) is 3.59. The predicted molar refractivity (Wildman–Crippen MR) is 98.8 cm³/mol. The molecule has 0 radical (unpaired) electrons. The molecular weight excluding hydrogens is 359 g/mol. The van der Waals surface area contributed by atoms with E-state index in [1.807, 2.05) is 16.7 Å². The number of carbonyl (C=O) groups excluding carboxylic acids is 1. The Kier molecular flexibility index (Phi) is 5.64. The van der Waals surface area contributed by atoms with Crippen LogP contribution in [0.15, 0.2) is 24.5 Å². The van der Waals surface area contributed by atoms with E-state index in [-0.39, 0.29) is 5.91 Å². The van der Waals surface area contributed by atoms with E-state index in [0.717, 1.165) is 50.0 Å². The number of nitrogens with zero attached hydrogens (tertiary/aromatic N) is 3. The second-order valence-corrected chi connectivity index (χ2v) is 7.36. The summed E-state index contributed by atoms with van der Waals surface area (Å²) in [6, 6.07) is 5.51. The van der Waals surface area contributed by atoms with Crippen molar-refractivity contribution in [2.75, 3.05) is 0 Å². The van der Waals surface area contributed by atoms with E-state index in [2.05, 4.69) is 22.4 Å². The third kappa shape index (κ3) is 3.67. The van der Waals surface area contributed by atoms with Gasteiger partial charge in [0, 0.05) is 6.54 Å². The highest BCUT2D eigenvalue weighted by Gasteiger charge is 2.42. The molecular formula is C18H22Cl2N4O. The van der Waals surface area contributed by atoms with Crippen LogP contribution < -0.4 is 5.32 Å². The molecule has 1 fully saturated rings. The first kappa shape index (κ1) is 18.2. The van der Waals surface area contributed by atoms with Crippen LogP contribution in [-0.4, -0.2) is 20.7 Å². The lowest BCUT2D eigenvalue weighted by atomic mass is 9.78. The van der Waals surface area contributed by atoms with Crippen molar-refractivity contribution in [1.82, 2.24) is 20.1 Å². The van der Waals surface area contributed by atoms with Crippen LogP contribution in [0.1, 0.15) is 50.4 Å². The molecule has 1 aromatic carbocycles. The summed E-state index contributed by atoms with van der Waals surface area (Å²) >= 11 is 12.2. The van der Waals surface area contributed by atoms with Gasteiger partial charge in [0.1, 0.15) is 6.33 Å². The van der Waals surface area contributed by atoms with Crippen molar-refractivity contribution >= 4 is 29.1 Å². The Morgan fingerprint density at radius 3 is 2.72 bits per heavy atom. The van der Waals surface area contributed by atoms with E-state index in [0.29, 0.717) is 16.6 Å². The molecule has 1 saturated carbocycles.